The first kappa shape index (κ1) is 11.9. The zero-order valence-corrected chi connectivity index (χ0v) is 10.8. The van der Waals surface area contributed by atoms with Crippen LogP contribution >= 0.6 is 0 Å². The van der Waals surface area contributed by atoms with Gasteiger partial charge in [0.1, 0.15) is 0 Å². The Labute approximate surface area is 111 Å². The fourth-order valence-electron chi connectivity index (χ4n) is 2.59. The minimum atomic E-state index is -1.13. The quantitative estimate of drug-likeness (QED) is 0.773. The smallest absolute Gasteiger partial charge is 0.341 e. The zero-order valence-electron chi connectivity index (χ0n) is 10.8. The van der Waals surface area contributed by atoms with Crippen molar-refractivity contribution in [3.8, 4) is 0 Å². The number of aryl methyl sites for hydroxylation is 1. The second kappa shape index (κ2) is 4.21. The molecule has 19 heavy (non-hydrogen) atoms. The lowest BCUT2D eigenvalue weighted by Gasteiger charge is -2.28. The van der Waals surface area contributed by atoms with Gasteiger partial charge in [0.2, 0.25) is 0 Å². The molecule has 3 rings (SSSR count). The molecule has 1 aliphatic rings. The first-order valence-electron chi connectivity index (χ1n) is 6.13. The monoisotopic (exact) mass is 254 g/mol. The molecule has 0 saturated carbocycles. The van der Waals surface area contributed by atoms with Gasteiger partial charge in [0.15, 0.2) is 0 Å². The highest BCUT2D eigenvalue weighted by Gasteiger charge is 2.48. The van der Waals surface area contributed by atoms with Crippen LogP contribution in [0.3, 0.4) is 0 Å². The topological polar surface area (TPSA) is 35.5 Å². The van der Waals surface area contributed by atoms with Crippen LogP contribution in [0.15, 0.2) is 48.5 Å². The van der Waals surface area contributed by atoms with Gasteiger partial charge in [-0.2, -0.15) is 0 Å². The number of methoxy groups -OCH3 is 1. The van der Waals surface area contributed by atoms with Crippen LogP contribution in [0.4, 0.5) is 0 Å². The molecule has 1 heterocycles. The summed E-state index contributed by atoms with van der Waals surface area (Å²) < 4.78 is 11.2. The number of hydrogen-bond acceptors (Lipinski definition) is 3. The van der Waals surface area contributed by atoms with E-state index in [0.717, 1.165) is 16.7 Å². The van der Waals surface area contributed by atoms with Crippen LogP contribution in [-0.2, 0) is 15.3 Å². The van der Waals surface area contributed by atoms with Crippen molar-refractivity contribution < 1.29 is 14.3 Å². The lowest BCUT2D eigenvalue weighted by molar-refractivity contribution is -0.155. The van der Waals surface area contributed by atoms with Crippen molar-refractivity contribution in [3.63, 3.8) is 0 Å². The third-order valence-corrected chi connectivity index (χ3v) is 3.53. The van der Waals surface area contributed by atoms with Crippen LogP contribution in [0, 0.1) is 6.92 Å². The van der Waals surface area contributed by atoms with E-state index >= 15 is 0 Å². The molecular formula is C16H14O3. The van der Waals surface area contributed by atoms with E-state index in [9.17, 15) is 4.79 Å². The Morgan fingerprint density at radius 3 is 2.32 bits per heavy atom. The number of carbonyl (C=O) groups is 1. The largest absolute Gasteiger partial charge is 0.420 e. The van der Waals surface area contributed by atoms with Crippen molar-refractivity contribution in [3.05, 3.63) is 70.8 Å². The molecular weight excluding hydrogens is 240 g/mol. The summed E-state index contributed by atoms with van der Waals surface area (Å²) in [6, 6.07) is 15.1. The summed E-state index contributed by atoms with van der Waals surface area (Å²) in [6.07, 6.45) is 0. The second-order valence-electron chi connectivity index (χ2n) is 4.57. The third-order valence-electron chi connectivity index (χ3n) is 3.53. The molecule has 2 aromatic carbocycles. The first-order chi connectivity index (χ1) is 9.19. The van der Waals surface area contributed by atoms with Gasteiger partial charge in [0.25, 0.3) is 5.79 Å². The predicted octanol–water partition coefficient (Wildman–Crippen LogP) is 3.01. The number of carbonyl (C=O) groups excluding carboxylic acids is 1. The summed E-state index contributed by atoms with van der Waals surface area (Å²) in [5.74, 6) is -1.47. The molecule has 96 valence electrons. The van der Waals surface area contributed by atoms with E-state index in [1.54, 1.807) is 13.2 Å². The average Bonchev–Trinajstić information content (AvgIpc) is 2.74. The van der Waals surface area contributed by atoms with Gasteiger partial charge in [-0.15, -0.1) is 0 Å². The van der Waals surface area contributed by atoms with Gasteiger partial charge in [-0.1, -0.05) is 42.5 Å². The standard InChI is InChI=1S/C16H14O3/c1-11-7-3-5-9-13(11)16(18-2)14-10-6-4-8-12(14)15(17)19-16/h3-10H,1-2H3. The van der Waals surface area contributed by atoms with Gasteiger partial charge < -0.3 is 9.47 Å². The molecule has 0 bridgehead atoms. The molecule has 3 heteroatoms. The van der Waals surface area contributed by atoms with Crippen molar-refractivity contribution in [1.29, 1.82) is 0 Å². The van der Waals surface area contributed by atoms with Crippen LogP contribution < -0.4 is 0 Å². The van der Waals surface area contributed by atoms with Crippen LogP contribution in [0.2, 0.25) is 0 Å². The van der Waals surface area contributed by atoms with Crippen LogP contribution in [0.1, 0.15) is 27.0 Å². The highest BCUT2D eigenvalue weighted by molar-refractivity contribution is 5.95. The maximum Gasteiger partial charge on any atom is 0.341 e. The summed E-state index contributed by atoms with van der Waals surface area (Å²) in [5.41, 5.74) is 3.20. The summed E-state index contributed by atoms with van der Waals surface area (Å²) >= 11 is 0. The summed E-state index contributed by atoms with van der Waals surface area (Å²) in [7, 11) is 1.56. The number of benzene rings is 2. The first-order valence-corrected chi connectivity index (χ1v) is 6.13. The van der Waals surface area contributed by atoms with Crippen molar-refractivity contribution in [2.24, 2.45) is 0 Å². The molecule has 0 aliphatic carbocycles. The maximum atomic E-state index is 12.0. The Hall–Kier alpha value is -2.13. The molecule has 1 atom stereocenters. The molecule has 0 spiro atoms. The van der Waals surface area contributed by atoms with E-state index < -0.39 is 5.79 Å². The predicted molar refractivity (Wildman–Crippen MR) is 70.8 cm³/mol. The van der Waals surface area contributed by atoms with E-state index in [0.29, 0.717) is 5.56 Å². The molecule has 1 unspecified atom stereocenters. The van der Waals surface area contributed by atoms with Crippen LogP contribution in [-0.4, -0.2) is 13.1 Å². The minimum absolute atomic E-state index is 0.347. The lowest BCUT2D eigenvalue weighted by atomic mass is 9.92. The Kier molecular flexibility index (Phi) is 2.64. The van der Waals surface area contributed by atoms with Crippen molar-refractivity contribution in [2.75, 3.05) is 7.11 Å². The molecule has 0 N–H and O–H groups in total. The van der Waals surface area contributed by atoms with Crippen molar-refractivity contribution in [1.82, 2.24) is 0 Å². The Balaban J connectivity index is 2.28. The number of cyclic esters (lactones) is 1. The van der Waals surface area contributed by atoms with E-state index in [2.05, 4.69) is 0 Å². The van der Waals surface area contributed by atoms with Gasteiger partial charge in [0.05, 0.1) is 5.56 Å². The van der Waals surface area contributed by atoms with Gasteiger partial charge >= 0.3 is 5.97 Å². The number of esters is 1. The molecule has 0 saturated heterocycles. The van der Waals surface area contributed by atoms with Crippen molar-refractivity contribution in [2.45, 2.75) is 12.7 Å². The number of rotatable bonds is 2. The molecule has 1 aliphatic heterocycles. The van der Waals surface area contributed by atoms with E-state index in [4.69, 9.17) is 9.47 Å². The Morgan fingerprint density at radius 2 is 1.63 bits per heavy atom. The number of ether oxygens (including phenoxy) is 2. The highest BCUT2D eigenvalue weighted by Crippen LogP contribution is 2.43. The SMILES string of the molecule is COC1(c2ccccc2C)OC(=O)c2ccccc21. The number of fused-ring (bicyclic) bond motifs is 1. The summed E-state index contributed by atoms with van der Waals surface area (Å²) in [5, 5.41) is 0. The van der Waals surface area contributed by atoms with Crippen LogP contribution in [0.5, 0.6) is 0 Å². The molecule has 2 aromatic rings. The van der Waals surface area contributed by atoms with Gasteiger partial charge in [-0.05, 0) is 18.6 Å². The molecule has 0 amide bonds. The zero-order chi connectivity index (χ0) is 13.5. The summed E-state index contributed by atoms with van der Waals surface area (Å²) in [6.45, 7) is 1.98. The maximum absolute atomic E-state index is 12.0. The average molecular weight is 254 g/mol. The molecule has 3 nitrogen and oxygen atoms in total. The highest BCUT2D eigenvalue weighted by atomic mass is 16.7. The normalized spacial score (nSPS) is 21.1. The van der Waals surface area contributed by atoms with Crippen LogP contribution in [0.25, 0.3) is 0 Å². The molecule has 0 aromatic heterocycles. The van der Waals surface area contributed by atoms with Crippen molar-refractivity contribution >= 4 is 5.97 Å². The Morgan fingerprint density at radius 1 is 1.00 bits per heavy atom. The fraction of sp³-hybridized carbons (Fsp3) is 0.188. The summed E-state index contributed by atoms with van der Waals surface area (Å²) in [4.78, 5) is 12.0. The lowest BCUT2D eigenvalue weighted by Crippen LogP contribution is -2.31. The van der Waals surface area contributed by atoms with E-state index in [-0.39, 0.29) is 5.97 Å². The third kappa shape index (κ3) is 1.59. The van der Waals surface area contributed by atoms with Gasteiger partial charge in [0, 0.05) is 18.2 Å². The van der Waals surface area contributed by atoms with E-state index in [1.807, 2.05) is 49.4 Å². The number of hydrogen-bond donors (Lipinski definition) is 0. The Bertz CT molecular complexity index is 648. The van der Waals surface area contributed by atoms with E-state index in [1.165, 1.54) is 0 Å². The van der Waals surface area contributed by atoms with Gasteiger partial charge in [-0.3, -0.25) is 0 Å². The second-order valence-corrected chi connectivity index (χ2v) is 4.57. The minimum Gasteiger partial charge on any atom is -0.420 e. The van der Waals surface area contributed by atoms with Gasteiger partial charge in [-0.25, -0.2) is 4.79 Å². The molecule has 0 radical (unpaired) electrons. The fourth-order valence-corrected chi connectivity index (χ4v) is 2.59. The molecule has 0 fully saturated rings.